The smallest absolute Gasteiger partial charge is 0.224 e. The zero-order valence-corrected chi connectivity index (χ0v) is 10.7. The molecule has 4 nitrogen and oxygen atoms in total. The second kappa shape index (κ2) is 3.95. The van der Waals surface area contributed by atoms with Crippen molar-refractivity contribution >= 4 is 17.3 Å². The molecule has 0 spiro atoms. The normalized spacial score (nSPS) is 17.1. The van der Waals surface area contributed by atoms with Crippen LogP contribution in [-0.2, 0) is 4.79 Å². The third kappa shape index (κ3) is 2.07. The second-order valence-electron chi connectivity index (χ2n) is 4.97. The summed E-state index contributed by atoms with van der Waals surface area (Å²) in [6.07, 6.45) is 0. The van der Waals surface area contributed by atoms with Crippen LogP contribution in [0.1, 0.15) is 20.8 Å². The number of para-hydroxylation sites is 1. The summed E-state index contributed by atoms with van der Waals surface area (Å²) < 4.78 is 5.33. The molecule has 0 saturated heterocycles. The first-order chi connectivity index (χ1) is 7.94. The van der Waals surface area contributed by atoms with Crippen molar-refractivity contribution in [2.45, 2.75) is 26.3 Å². The average Bonchev–Trinajstić information content (AvgIpc) is 2.26. The number of anilines is 2. The number of nitrogens with one attached hydrogen (secondary N) is 1. The van der Waals surface area contributed by atoms with Gasteiger partial charge in [-0.15, -0.1) is 0 Å². The van der Waals surface area contributed by atoms with E-state index in [1.54, 1.807) is 18.9 Å². The molecule has 0 saturated carbocycles. The lowest BCUT2D eigenvalue weighted by molar-refractivity contribution is -0.116. The van der Waals surface area contributed by atoms with E-state index in [-0.39, 0.29) is 11.4 Å². The van der Waals surface area contributed by atoms with E-state index in [1.165, 1.54) is 0 Å². The minimum atomic E-state index is -0.159. The zero-order chi connectivity index (χ0) is 12.6. The van der Waals surface area contributed by atoms with Gasteiger partial charge in [-0.25, -0.2) is 0 Å². The van der Waals surface area contributed by atoms with Crippen molar-refractivity contribution in [1.82, 2.24) is 0 Å². The van der Waals surface area contributed by atoms with Crippen LogP contribution < -0.4 is 15.0 Å². The maximum absolute atomic E-state index is 11.7. The average molecular weight is 234 g/mol. The van der Waals surface area contributed by atoms with Gasteiger partial charge in [0.1, 0.15) is 11.4 Å². The minimum absolute atomic E-state index is 0.0501. The molecule has 1 heterocycles. The summed E-state index contributed by atoms with van der Waals surface area (Å²) in [4.78, 5) is 13.5. The van der Waals surface area contributed by atoms with Crippen LogP contribution in [0.5, 0.6) is 5.75 Å². The van der Waals surface area contributed by atoms with E-state index in [2.05, 4.69) is 19.2 Å². The van der Waals surface area contributed by atoms with E-state index >= 15 is 0 Å². The van der Waals surface area contributed by atoms with Gasteiger partial charge in [0.2, 0.25) is 5.91 Å². The van der Waals surface area contributed by atoms with E-state index in [4.69, 9.17) is 4.74 Å². The summed E-state index contributed by atoms with van der Waals surface area (Å²) in [6, 6.07) is 5.72. The highest BCUT2D eigenvalue weighted by Crippen LogP contribution is 2.40. The molecule has 1 amide bonds. The van der Waals surface area contributed by atoms with Crippen LogP contribution in [0, 0.1) is 0 Å². The molecule has 1 aliphatic heterocycles. The van der Waals surface area contributed by atoms with Crippen molar-refractivity contribution in [2.75, 3.05) is 23.9 Å². The van der Waals surface area contributed by atoms with Crippen LogP contribution >= 0.6 is 0 Å². The number of methoxy groups -OCH3 is 1. The number of benzene rings is 1. The summed E-state index contributed by atoms with van der Waals surface area (Å²) in [6.45, 7) is 6.38. The van der Waals surface area contributed by atoms with E-state index in [0.717, 1.165) is 17.1 Å². The number of carbonyl (C=O) groups is 1. The van der Waals surface area contributed by atoms with Crippen LogP contribution in [0.3, 0.4) is 0 Å². The number of amides is 1. The lowest BCUT2D eigenvalue weighted by Crippen LogP contribution is -2.50. The Hall–Kier alpha value is -1.71. The molecule has 0 unspecified atom stereocenters. The number of fused-ring (bicyclic) bond motifs is 1. The Labute approximate surface area is 102 Å². The maximum atomic E-state index is 11.7. The third-order valence-corrected chi connectivity index (χ3v) is 2.91. The van der Waals surface area contributed by atoms with Gasteiger partial charge < -0.3 is 15.0 Å². The summed E-state index contributed by atoms with van der Waals surface area (Å²) in [5.74, 6) is 0.815. The van der Waals surface area contributed by atoms with Gasteiger partial charge in [0.05, 0.1) is 12.8 Å². The molecule has 1 aliphatic rings. The molecule has 0 fully saturated rings. The van der Waals surface area contributed by atoms with Gasteiger partial charge in [0, 0.05) is 19.0 Å². The number of carbonyl (C=O) groups excluding carboxylic acids is 1. The Morgan fingerprint density at radius 3 is 2.76 bits per heavy atom. The van der Waals surface area contributed by atoms with Gasteiger partial charge in [-0.1, -0.05) is 6.07 Å². The van der Waals surface area contributed by atoms with Crippen molar-refractivity contribution in [3.8, 4) is 5.75 Å². The zero-order valence-electron chi connectivity index (χ0n) is 10.7. The van der Waals surface area contributed by atoms with E-state index in [0.29, 0.717) is 6.54 Å². The highest BCUT2D eigenvalue weighted by Gasteiger charge is 2.32. The van der Waals surface area contributed by atoms with Crippen molar-refractivity contribution in [2.24, 2.45) is 0 Å². The van der Waals surface area contributed by atoms with Gasteiger partial charge in [-0.05, 0) is 26.0 Å². The Morgan fingerprint density at radius 1 is 1.47 bits per heavy atom. The standard InChI is InChI=1S/C13H18N2O2/c1-9(16)15-8-13(2,3)14-12-10(15)6-5-7-11(12)17-4/h5-7,14H,8H2,1-4H3. The van der Waals surface area contributed by atoms with Gasteiger partial charge in [-0.2, -0.15) is 0 Å². The van der Waals surface area contributed by atoms with Crippen LogP contribution in [0.4, 0.5) is 11.4 Å². The first-order valence-corrected chi connectivity index (χ1v) is 5.68. The molecule has 0 bridgehead atoms. The quantitative estimate of drug-likeness (QED) is 0.810. The van der Waals surface area contributed by atoms with Crippen LogP contribution in [0.2, 0.25) is 0 Å². The lowest BCUT2D eigenvalue weighted by atomic mass is 9.99. The molecule has 0 aromatic heterocycles. The maximum Gasteiger partial charge on any atom is 0.224 e. The molecule has 4 heteroatoms. The predicted molar refractivity (Wildman–Crippen MR) is 68.7 cm³/mol. The molecular weight excluding hydrogens is 216 g/mol. The van der Waals surface area contributed by atoms with Crippen molar-refractivity contribution in [3.63, 3.8) is 0 Å². The van der Waals surface area contributed by atoms with Crippen LogP contribution in [0.15, 0.2) is 18.2 Å². The molecule has 2 rings (SSSR count). The molecular formula is C13H18N2O2. The highest BCUT2D eigenvalue weighted by molar-refractivity contribution is 5.98. The lowest BCUT2D eigenvalue weighted by Gasteiger charge is -2.41. The van der Waals surface area contributed by atoms with Gasteiger partial charge >= 0.3 is 0 Å². The Balaban J connectivity index is 2.56. The summed E-state index contributed by atoms with van der Waals surface area (Å²) in [5.41, 5.74) is 1.62. The fourth-order valence-corrected chi connectivity index (χ4v) is 2.18. The van der Waals surface area contributed by atoms with E-state index in [9.17, 15) is 4.79 Å². The third-order valence-electron chi connectivity index (χ3n) is 2.91. The van der Waals surface area contributed by atoms with Crippen LogP contribution in [0.25, 0.3) is 0 Å². The number of hydrogen-bond donors (Lipinski definition) is 1. The fourth-order valence-electron chi connectivity index (χ4n) is 2.18. The largest absolute Gasteiger partial charge is 0.495 e. The minimum Gasteiger partial charge on any atom is -0.495 e. The molecule has 17 heavy (non-hydrogen) atoms. The molecule has 1 N–H and O–H groups in total. The number of hydrogen-bond acceptors (Lipinski definition) is 3. The topological polar surface area (TPSA) is 41.6 Å². The van der Waals surface area contributed by atoms with E-state index in [1.807, 2.05) is 18.2 Å². The Morgan fingerprint density at radius 2 is 2.18 bits per heavy atom. The van der Waals surface area contributed by atoms with Crippen LogP contribution in [-0.4, -0.2) is 25.1 Å². The number of ether oxygens (including phenoxy) is 1. The van der Waals surface area contributed by atoms with Crippen molar-refractivity contribution < 1.29 is 9.53 Å². The van der Waals surface area contributed by atoms with Crippen molar-refractivity contribution in [1.29, 1.82) is 0 Å². The van der Waals surface area contributed by atoms with Gasteiger partial charge in [0.15, 0.2) is 0 Å². The van der Waals surface area contributed by atoms with Gasteiger partial charge in [0.25, 0.3) is 0 Å². The Bertz CT molecular complexity index is 455. The molecule has 1 aromatic rings. The van der Waals surface area contributed by atoms with E-state index < -0.39 is 0 Å². The Kier molecular flexibility index (Phi) is 2.73. The molecule has 1 aromatic carbocycles. The highest BCUT2D eigenvalue weighted by atomic mass is 16.5. The number of rotatable bonds is 1. The number of nitrogens with zero attached hydrogens (tertiary/aromatic N) is 1. The van der Waals surface area contributed by atoms with Crippen molar-refractivity contribution in [3.05, 3.63) is 18.2 Å². The summed E-state index contributed by atoms with van der Waals surface area (Å²) in [7, 11) is 1.64. The first kappa shape index (κ1) is 11.8. The SMILES string of the molecule is COc1cccc2c1NC(C)(C)CN2C(C)=O. The molecule has 92 valence electrons. The first-order valence-electron chi connectivity index (χ1n) is 5.68. The molecule has 0 radical (unpaired) electrons. The summed E-state index contributed by atoms with van der Waals surface area (Å²) >= 11 is 0. The monoisotopic (exact) mass is 234 g/mol. The fraction of sp³-hybridized carbons (Fsp3) is 0.462. The molecule has 0 atom stereocenters. The molecule has 0 aliphatic carbocycles. The summed E-state index contributed by atoms with van der Waals surface area (Å²) in [5, 5.41) is 3.42. The predicted octanol–water partition coefficient (Wildman–Crippen LogP) is 2.25. The second-order valence-corrected chi connectivity index (χ2v) is 4.97. The van der Waals surface area contributed by atoms with Gasteiger partial charge in [-0.3, -0.25) is 4.79 Å².